The second-order valence-electron chi connectivity index (χ2n) is 8.31. The summed E-state index contributed by atoms with van der Waals surface area (Å²) in [4.78, 5) is 39.9. The standard InChI is InChI=1S/C26H21NO3/c1-25-23(22(29)20-10-6-7-11-21(20)24(25)30)26(25,17-8-4-3-5-9-17)18-12-14-19(15-13-18)27(2)16-28/h3-16,23H,1-2H3/t23-,25-,26+/m1/s1. The average Bonchev–Trinajstić information content (AvgIpc) is 3.40. The summed E-state index contributed by atoms with van der Waals surface area (Å²) in [5.41, 5.74) is 2.07. The molecule has 2 aliphatic carbocycles. The van der Waals surface area contributed by atoms with E-state index in [2.05, 4.69) is 0 Å². The molecule has 0 aliphatic heterocycles. The van der Waals surface area contributed by atoms with Crippen LogP contribution in [0.15, 0.2) is 78.9 Å². The number of carbonyl (C=O) groups excluding carboxylic acids is 3. The zero-order valence-electron chi connectivity index (χ0n) is 16.8. The van der Waals surface area contributed by atoms with Crippen molar-refractivity contribution in [2.75, 3.05) is 11.9 Å². The van der Waals surface area contributed by atoms with Crippen LogP contribution in [-0.2, 0) is 10.2 Å². The third-order valence-electron chi connectivity index (χ3n) is 7.03. The van der Waals surface area contributed by atoms with Crippen LogP contribution in [0.2, 0.25) is 0 Å². The lowest BCUT2D eigenvalue weighted by Gasteiger charge is -2.24. The van der Waals surface area contributed by atoms with Crippen molar-refractivity contribution in [3.05, 3.63) is 101 Å². The van der Waals surface area contributed by atoms with Gasteiger partial charge in [-0.2, -0.15) is 0 Å². The van der Waals surface area contributed by atoms with Gasteiger partial charge in [-0.1, -0.05) is 73.7 Å². The number of rotatable bonds is 4. The minimum Gasteiger partial charge on any atom is -0.318 e. The Morgan fingerprint density at radius 1 is 0.800 bits per heavy atom. The monoisotopic (exact) mass is 395 g/mol. The number of hydrogen-bond donors (Lipinski definition) is 0. The Morgan fingerprint density at radius 2 is 1.37 bits per heavy atom. The van der Waals surface area contributed by atoms with E-state index in [0.717, 1.165) is 23.2 Å². The van der Waals surface area contributed by atoms with Gasteiger partial charge in [-0.25, -0.2) is 0 Å². The molecule has 0 bridgehead atoms. The van der Waals surface area contributed by atoms with Crippen molar-refractivity contribution >= 4 is 23.7 Å². The van der Waals surface area contributed by atoms with Gasteiger partial charge in [-0.3, -0.25) is 14.4 Å². The second kappa shape index (κ2) is 6.23. The van der Waals surface area contributed by atoms with Crippen LogP contribution in [-0.4, -0.2) is 25.0 Å². The fourth-order valence-electron chi connectivity index (χ4n) is 5.54. The fraction of sp³-hybridized carbons (Fsp3) is 0.192. The predicted octanol–water partition coefficient (Wildman–Crippen LogP) is 4.28. The zero-order chi connectivity index (χ0) is 21.1. The van der Waals surface area contributed by atoms with Crippen molar-refractivity contribution in [1.29, 1.82) is 0 Å². The second-order valence-corrected chi connectivity index (χ2v) is 8.31. The average molecular weight is 395 g/mol. The molecule has 0 N–H and O–H groups in total. The summed E-state index contributed by atoms with van der Waals surface area (Å²) in [6, 6.07) is 24.6. The number of hydrogen-bond acceptors (Lipinski definition) is 3. The van der Waals surface area contributed by atoms with E-state index in [1.54, 1.807) is 19.2 Å². The van der Waals surface area contributed by atoms with Crippen LogP contribution in [0.1, 0.15) is 38.8 Å². The highest BCUT2D eigenvalue weighted by molar-refractivity contribution is 6.23. The van der Waals surface area contributed by atoms with E-state index < -0.39 is 16.7 Å². The number of carbonyl (C=O) groups is 3. The summed E-state index contributed by atoms with van der Waals surface area (Å²) < 4.78 is 0. The molecule has 2 aliphatic rings. The highest BCUT2D eigenvalue weighted by Gasteiger charge is 2.82. The molecule has 0 aromatic heterocycles. The number of anilines is 1. The molecule has 1 fully saturated rings. The molecule has 148 valence electrons. The van der Waals surface area contributed by atoms with Gasteiger partial charge in [-0.15, -0.1) is 0 Å². The van der Waals surface area contributed by atoms with Crippen molar-refractivity contribution in [2.45, 2.75) is 12.3 Å². The summed E-state index contributed by atoms with van der Waals surface area (Å²) in [5, 5.41) is 0. The molecule has 0 radical (unpaired) electrons. The molecular formula is C26H21NO3. The maximum Gasteiger partial charge on any atom is 0.213 e. The van der Waals surface area contributed by atoms with Crippen LogP contribution in [0.25, 0.3) is 0 Å². The van der Waals surface area contributed by atoms with E-state index in [1.807, 2.05) is 73.7 Å². The number of fused-ring (bicyclic) bond motifs is 2. The Hall–Kier alpha value is -3.53. The third kappa shape index (κ3) is 2.08. The number of ketones is 2. The van der Waals surface area contributed by atoms with Gasteiger partial charge in [-0.05, 0) is 23.3 Å². The molecule has 3 aromatic carbocycles. The highest BCUT2D eigenvalue weighted by atomic mass is 16.1. The summed E-state index contributed by atoms with van der Waals surface area (Å²) >= 11 is 0. The molecule has 0 spiro atoms. The molecule has 0 unspecified atom stereocenters. The highest BCUT2D eigenvalue weighted by Crippen LogP contribution is 2.76. The van der Waals surface area contributed by atoms with Crippen molar-refractivity contribution in [3.63, 3.8) is 0 Å². The maximum atomic E-state index is 13.7. The van der Waals surface area contributed by atoms with E-state index >= 15 is 0 Å². The van der Waals surface area contributed by atoms with Gasteiger partial charge >= 0.3 is 0 Å². The van der Waals surface area contributed by atoms with Crippen molar-refractivity contribution in [3.8, 4) is 0 Å². The molecule has 3 atom stereocenters. The lowest BCUT2D eigenvalue weighted by atomic mass is 9.77. The first kappa shape index (κ1) is 18.5. The molecule has 30 heavy (non-hydrogen) atoms. The lowest BCUT2D eigenvalue weighted by Crippen LogP contribution is -2.28. The van der Waals surface area contributed by atoms with Gasteiger partial charge in [0.15, 0.2) is 11.6 Å². The largest absolute Gasteiger partial charge is 0.318 e. The van der Waals surface area contributed by atoms with Gasteiger partial charge in [0.2, 0.25) is 6.41 Å². The minimum atomic E-state index is -0.849. The van der Waals surface area contributed by atoms with Gasteiger partial charge < -0.3 is 4.90 Å². The summed E-state index contributed by atoms with van der Waals surface area (Å²) in [6.45, 7) is 1.92. The number of nitrogens with zero attached hydrogens (tertiary/aromatic N) is 1. The third-order valence-corrected chi connectivity index (χ3v) is 7.03. The molecule has 1 amide bonds. The van der Waals surface area contributed by atoms with Gasteiger partial charge in [0.25, 0.3) is 0 Å². The summed E-state index contributed by atoms with van der Waals surface area (Å²) in [7, 11) is 1.69. The van der Waals surface area contributed by atoms with Crippen LogP contribution in [0.3, 0.4) is 0 Å². The first-order valence-electron chi connectivity index (χ1n) is 10.00. The van der Waals surface area contributed by atoms with Gasteiger partial charge in [0.05, 0.1) is 11.3 Å². The minimum absolute atomic E-state index is 0.0145. The maximum absolute atomic E-state index is 13.7. The molecule has 5 rings (SSSR count). The lowest BCUT2D eigenvalue weighted by molar-refractivity contribution is -0.107. The summed E-state index contributed by atoms with van der Waals surface area (Å²) in [5.74, 6) is -0.421. The Kier molecular flexibility index (Phi) is 3.84. The molecule has 4 heteroatoms. The molecule has 3 aromatic rings. The zero-order valence-corrected chi connectivity index (χ0v) is 16.8. The first-order chi connectivity index (χ1) is 14.5. The van der Waals surface area contributed by atoms with E-state index in [4.69, 9.17) is 0 Å². The Bertz CT molecular complexity index is 1180. The molecular weight excluding hydrogens is 374 g/mol. The van der Waals surface area contributed by atoms with Crippen LogP contribution >= 0.6 is 0 Å². The molecule has 0 heterocycles. The van der Waals surface area contributed by atoms with Gasteiger partial charge in [0, 0.05) is 29.3 Å². The van der Waals surface area contributed by atoms with E-state index in [9.17, 15) is 14.4 Å². The van der Waals surface area contributed by atoms with Crippen LogP contribution < -0.4 is 4.90 Å². The number of amides is 1. The number of benzene rings is 3. The van der Waals surface area contributed by atoms with Crippen LogP contribution in [0, 0.1) is 11.3 Å². The molecule has 1 saturated carbocycles. The Labute approximate surface area is 175 Å². The summed E-state index contributed by atoms with van der Waals surface area (Å²) in [6.07, 6.45) is 0.754. The van der Waals surface area contributed by atoms with E-state index in [0.29, 0.717) is 11.1 Å². The predicted molar refractivity (Wildman–Crippen MR) is 115 cm³/mol. The van der Waals surface area contributed by atoms with Crippen molar-refractivity contribution < 1.29 is 14.4 Å². The first-order valence-corrected chi connectivity index (χ1v) is 10.00. The normalized spacial score (nSPS) is 26.5. The van der Waals surface area contributed by atoms with Gasteiger partial charge in [0.1, 0.15) is 0 Å². The van der Waals surface area contributed by atoms with E-state index in [-0.39, 0.29) is 11.6 Å². The van der Waals surface area contributed by atoms with Crippen molar-refractivity contribution in [1.82, 2.24) is 0 Å². The number of Topliss-reactive ketones (excluding diaryl/α,β-unsaturated/α-hetero) is 2. The SMILES string of the molecule is CN(C=O)c1ccc([C@@]2(c3ccccc3)[C@@H]3C(=O)c4ccccc4C(=O)[C@@]32C)cc1. The quantitative estimate of drug-likeness (QED) is 0.620. The Morgan fingerprint density at radius 3 is 2.00 bits per heavy atom. The topological polar surface area (TPSA) is 54.5 Å². The van der Waals surface area contributed by atoms with Crippen LogP contribution in [0.4, 0.5) is 5.69 Å². The fourth-order valence-corrected chi connectivity index (χ4v) is 5.54. The van der Waals surface area contributed by atoms with Crippen molar-refractivity contribution in [2.24, 2.45) is 11.3 Å². The Balaban J connectivity index is 1.75. The smallest absolute Gasteiger partial charge is 0.213 e. The van der Waals surface area contributed by atoms with E-state index in [1.165, 1.54) is 4.90 Å². The molecule has 0 saturated heterocycles. The molecule has 4 nitrogen and oxygen atoms in total. The van der Waals surface area contributed by atoms with Crippen LogP contribution in [0.5, 0.6) is 0 Å².